The van der Waals surface area contributed by atoms with Gasteiger partial charge in [-0.3, -0.25) is 9.20 Å². The molecule has 0 atom stereocenters. The van der Waals surface area contributed by atoms with Gasteiger partial charge in [0.15, 0.2) is 0 Å². The molecule has 2 aromatic heterocycles. The van der Waals surface area contributed by atoms with E-state index < -0.39 is 0 Å². The summed E-state index contributed by atoms with van der Waals surface area (Å²) in [6.07, 6.45) is 4.26. The number of rotatable bonds is 6. The number of aromatic nitrogens is 2. The van der Waals surface area contributed by atoms with Crippen molar-refractivity contribution < 1.29 is 4.79 Å². The van der Waals surface area contributed by atoms with E-state index in [9.17, 15) is 4.79 Å². The zero-order chi connectivity index (χ0) is 15.4. The Kier molecular flexibility index (Phi) is 4.50. The third kappa shape index (κ3) is 3.03. The number of imidazole rings is 1. The van der Waals surface area contributed by atoms with Gasteiger partial charge in [-0.15, -0.1) is 11.3 Å². The van der Waals surface area contributed by atoms with Crippen LogP contribution >= 0.6 is 11.3 Å². The second-order valence-electron chi connectivity index (χ2n) is 5.04. The van der Waals surface area contributed by atoms with Gasteiger partial charge in [0, 0.05) is 25.0 Å². The summed E-state index contributed by atoms with van der Waals surface area (Å²) in [4.78, 5) is 19.6. The highest BCUT2D eigenvalue weighted by molar-refractivity contribution is 7.15. The molecule has 0 bridgehead atoms. The first-order valence-electron chi connectivity index (χ1n) is 7.22. The summed E-state index contributed by atoms with van der Waals surface area (Å²) in [7, 11) is 0. The van der Waals surface area contributed by atoms with Crippen molar-refractivity contribution >= 4 is 22.1 Å². The van der Waals surface area contributed by atoms with Gasteiger partial charge in [0.1, 0.15) is 16.9 Å². The summed E-state index contributed by atoms with van der Waals surface area (Å²) in [6, 6.07) is 10.2. The second kappa shape index (κ2) is 6.72. The molecule has 2 N–H and O–H groups in total. The molecule has 0 aliphatic rings. The average molecular weight is 314 g/mol. The summed E-state index contributed by atoms with van der Waals surface area (Å²) in [5.41, 5.74) is 7.54. The number of thiazole rings is 1. The number of hydrogen-bond acceptors (Lipinski definition) is 4. The number of hydrogen-bond donors (Lipinski definition) is 1. The molecule has 0 saturated carbocycles. The van der Waals surface area contributed by atoms with E-state index in [1.807, 2.05) is 32.9 Å². The Morgan fingerprint density at radius 3 is 2.86 bits per heavy atom. The van der Waals surface area contributed by atoms with Crippen molar-refractivity contribution in [3.63, 3.8) is 0 Å². The number of nitrogens with zero attached hydrogens (tertiary/aromatic N) is 3. The van der Waals surface area contributed by atoms with E-state index in [1.165, 1.54) is 16.9 Å². The first-order chi connectivity index (χ1) is 10.8. The van der Waals surface area contributed by atoms with Crippen LogP contribution < -0.4 is 5.73 Å². The smallest absolute Gasteiger partial charge is 0.271 e. The van der Waals surface area contributed by atoms with Crippen LogP contribution in [0.2, 0.25) is 0 Å². The van der Waals surface area contributed by atoms with Crippen molar-refractivity contribution in [3.05, 3.63) is 59.5 Å². The molecule has 3 rings (SSSR count). The van der Waals surface area contributed by atoms with Gasteiger partial charge in [0.2, 0.25) is 0 Å². The zero-order valence-corrected chi connectivity index (χ0v) is 13.0. The molecule has 0 saturated heterocycles. The van der Waals surface area contributed by atoms with Crippen LogP contribution in [0.1, 0.15) is 16.1 Å². The van der Waals surface area contributed by atoms with Crippen LogP contribution in [0, 0.1) is 0 Å². The average Bonchev–Trinajstić information content (AvgIpc) is 3.15. The highest BCUT2D eigenvalue weighted by atomic mass is 32.1. The molecule has 0 aliphatic carbocycles. The van der Waals surface area contributed by atoms with Crippen LogP contribution in [0.5, 0.6) is 0 Å². The first-order valence-corrected chi connectivity index (χ1v) is 8.10. The molecule has 0 fully saturated rings. The molecule has 6 heteroatoms. The van der Waals surface area contributed by atoms with Gasteiger partial charge in [-0.25, -0.2) is 4.98 Å². The Labute approximate surface area is 133 Å². The first kappa shape index (κ1) is 14.7. The molecule has 1 amide bonds. The third-order valence-corrected chi connectivity index (χ3v) is 4.46. The predicted octanol–water partition coefficient (Wildman–Crippen LogP) is 2.04. The number of nitrogens with two attached hydrogens (primary N) is 1. The minimum absolute atomic E-state index is 0.00521. The summed E-state index contributed by atoms with van der Waals surface area (Å²) in [6.45, 7) is 1.67. The lowest BCUT2D eigenvalue weighted by molar-refractivity contribution is 0.0755. The topological polar surface area (TPSA) is 63.6 Å². The van der Waals surface area contributed by atoms with Gasteiger partial charge in [-0.1, -0.05) is 30.3 Å². The molecule has 1 aromatic carbocycles. The summed E-state index contributed by atoms with van der Waals surface area (Å²) in [5, 5.41) is 1.88. The minimum Gasteiger partial charge on any atom is -0.336 e. The maximum Gasteiger partial charge on any atom is 0.271 e. The zero-order valence-electron chi connectivity index (χ0n) is 12.2. The number of amides is 1. The summed E-state index contributed by atoms with van der Waals surface area (Å²) < 4.78 is 1.83. The van der Waals surface area contributed by atoms with Crippen molar-refractivity contribution in [3.8, 4) is 0 Å². The Hall–Kier alpha value is -2.18. The lowest BCUT2D eigenvalue weighted by Gasteiger charge is -2.21. The molecule has 2 heterocycles. The summed E-state index contributed by atoms with van der Waals surface area (Å²) in [5.74, 6) is 0.00521. The molecule has 114 valence electrons. The molecule has 0 aliphatic heterocycles. The molecular formula is C16H18N4OS. The van der Waals surface area contributed by atoms with Gasteiger partial charge in [-0.05, 0) is 12.0 Å². The van der Waals surface area contributed by atoms with Gasteiger partial charge >= 0.3 is 0 Å². The SMILES string of the molecule is NCCN(CCc1ccccc1)C(=O)c1csc2cncn12. The van der Waals surface area contributed by atoms with Crippen molar-refractivity contribution in [2.75, 3.05) is 19.6 Å². The Balaban J connectivity index is 1.75. The lowest BCUT2D eigenvalue weighted by Crippen LogP contribution is -2.37. The number of carbonyl (C=O) groups is 1. The molecular weight excluding hydrogens is 296 g/mol. The predicted molar refractivity (Wildman–Crippen MR) is 88.2 cm³/mol. The largest absolute Gasteiger partial charge is 0.336 e. The van der Waals surface area contributed by atoms with Crippen LogP contribution in [0.15, 0.2) is 48.2 Å². The van der Waals surface area contributed by atoms with E-state index in [4.69, 9.17) is 5.73 Å². The number of fused-ring (bicyclic) bond motifs is 1. The molecule has 22 heavy (non-hydrogen) atoms. The quantitative estimate of drug-likeness (QED) is 0.757. The van der Waals surface area contributed by atoms with E-state index in [0.717, 1.165) is 11.3 Å². The van der Waals surface area contributed by atoms with Crippen LogP contribution in [-0.4, -0.2) is 39.8 Å². The highest BCUT2D eigenvalue weighted by Crippen LogP contribution is 2.17. The van der Waals surface area contributed by atoms with E-state index >= 15 is 0 Å². The highest BCUT2D eigenvalue weighted by Gasteiger charge is 2.19. The molecule has 0 unspecified atom stereocenters. The lowest BCUT2D eigenvalue weighted by atomic mass is 10.1. The van der Waals surface area contributed by atoms with Crippen molar-refractivity contribution in [1.82, 2.24) is 14.3 Å². The van der Waals surface area contributed by atoms with Crippen molar-refractivity contribution in [1.29, 1.82) is 0 Å². The standard InChI is InChI=1S/C16H18N4OS/c17-7-9-19(8-6-13-4-2-1-3-5-13)16(21)14-11-22-15-10-18-12-20(14)15/h1-5,10-12H,6-9,17H2. The van der Waals surface area contributed by atoms with Crippen LogP contribution in [0.4, 0.5) is 0 Å². The van der Waals surface area contributed by atoms with Crippen molar-refractivity contribution in [2.24, 2.45) is 5.73 Å². The van der Waals surface area contributed by atoms with Gasteiger partial charge < -0.3 is 10.6 Å². The Morgan fingerprint density at radius 2 is 2.09 bits per heavy atom. The monoisotopic (exact) mass is 314 g/mol. The van der Waals surface area contributed by atoms with Gasteiger partial charge in [0.05, 0.1) is 6.20 Å². The molecule has 5 nitrogen and oxygen atoms in total. The fraction of sp³-hybridized carbons (Fsp3) is 0.250. The minimum atomic E-state index is 0.00521. The number of carbonyl (C=O) groups excluding carboxylic acids is 1. The van der Waals surface area contributed by atoms with E-state index in [1.54, 1.807) is 12.5 Å². The van der Waals surface area contributed by atoms with Crippen molar-refractivity contribution in [2.45, 2.75) is 6.42 Å². The van der Waals surface area contributed by atoms with Gasteiger partial charge in [-0.2, -0.15) is 0 Å². The fourth-order valence-corrected chi connectivity index (χ4v) is 3.25. The second-order valence-corrected chi connectivity index (χ2v) is 5.93. The van der Waals surface area contributed by atoms with Crippen LogP contribution in [0.3, 0.4) is 0 Å². The normalized spacial score (nSPS) is 11.0. The van der Waals surface area contributed by atoms with Crippen LogP contribution in [-0.2, 0) is 6.42 Å². The molecule has 0 radical (unpaired) electrons. The maximum atomic E-state index is 12.8. The number of benzene rings is 1. The van der Waals surface area contributed by atoms with Crippen LogP contribution in [0.25, 0.3) is 4.83 Å². The molecule has 3 aromatic rings. The molecule has 0 spiro atoms. The van der Waals surface area contributed by atoms with Gasteiger partial charge in [0.25, 0.3) is 5.91 Å². The Bertz CT molecular complexity index is 750. The van der Waals surface area contributed by atoms with E-state index in [0.29, 0.717) is 25.3 Å². The third-order valence-electron chi connectivity index (χ3n) is 3.57. The summed E-state index contributed by atoms with van der Waals surface area (Å²) >= 11 is 1.52. The maximum absolute atomic E-state index is 12.8. The van der Waals surface area contributed by atoms with E-state index in [2.05, 4.69) is 17.1 Å². The van der Waals surface area contributed by atoms with E-state index in [-0.39, 0.29) is 5.91 Å². The fourth-order valence-electron chi connectivity index (χ4n) is 2.42. The Morgan fingerprint density at radius 1 is 1.27 bits per heavy atom.